The normalized spacial score (nSPS) is 25.0. The van der Waals surface area contributed by atoms with E-state index in [0.717, 1.165) is 51.1 Å². The van der Waals surface area contributed by atoms with E-state index in [1.54, 1.807) is 6.20 Å². The molecular weight excluding hydrogens is 646 g/mol. The maximum Gasteiger partial charge on any atom is 0.252 e. The summed E-state index contributed by atoms with van der Waals surface area (Å²) in [5.74, 6) is 1.30. The molecule has 3 aromatic carbocycles. The molecule has 4 N–H and O–H groups in total. The molecule has 11 nitrogen and oxygen atoms in total. The van der Waals surface area contributed by atoms with Crippen molar-refractivity contribution >= 4 is 23.1 Å². The molecule has 254 valence electrons. The molecule has 0 saturated heterocycles. The predicted molar refractivity (Wildman–Crippen MR) is 185 cm³/mol. The van der Waals surface area contributed by atoms with Gasteiger partial charge in [0.1, 0.15) is 28.8 Å². The summed E-state index contributed by atoms with van der Waals surface area (Å²) in [5, 5.41) is 20.4. The molecule has 6 heterocycles. The number of aromatic nitrogens is 2. The minimum absolute atomic E-state index is 0.152. The van der Waals surface area contributed by atoms with Crippen LogP contribution in [0, 0.1) is 5.92 Å². The minimum Gasteiger partial charge on any atom is -0.469 e. The highest BCUT2D eigenvalue weighted by Crippen LogP contribution is 2.61. The fourth-order valence-electron chi connectivity index (χ4n) is 8.74. The number of hydrogen-bond donors (Lipinski definition) is 4. The summed E-state index contributed by atoms with van der Waals surface area (Å²) in [5.41, 5.74) is 6.91. The zero-order valence-electron chi connectivity index (χ0n) is 27.9. The Morgan fingerprint density at radius 1 is 1.04 bits per heavy atom. The molecule has 1 fully saturated rings. The predicted octanol–water partition coefficient (Wildman–Crippen LogP) is 5.16. The lowest BCUT2D eigenvalue weighted by molar-refractivity contribution is -0.135. The standard InChI is InChI=1S/C40H33N5O6/c1-18(2)30-36-44-32-33(51-36)40-24-8-4-7-22(21-6-3-5-20-10-11-23(29(20)21)28-17-41-35(32)49-28)31(24)45-38(40)50-27-12-9-19(15-25(27)40)16-26(34(46)43-30)42-37(47)39(48)13-14-39/h3-9,11-12,15,17-18,26,30,38,45,48H,10,13-14,16H2,1-2H3,(H,42,47)(H,43,46)/t26?,30-,38-,40?/m0/s1. The van der Waals surface area contributed by atoms with Crippen molar-refractivity contribution in [3.05, 3.63) is 112 Å². The van der Waals surface area contributed by atoms with Gasteiger partial charge in [-0.1, -0.05) is 68.5 Å². The Bertz CT molecular complexity index is 2420. The first-order valence-electron chi connectivity index (χ1n) is 17.6. The third kappa shape index (κ3) is 3.81. The number of carbonyl (C=O) groups excluding carboxylic acids is 2. The van der Waals surface area contributed by atoms with Gasteiger partial charge < -0.3 is 34.6 Å². The van der Waals surface area contributed by atoms with E-state index in [9.17, 15) is 14.7 Å². The van der Waals surface area contributed by atoms with Crippen molar-refractivity contribution in [3.63, 3.8) is 0 Å². The number of rotatable bonds is 3. The van der Waals surface area contributed by atoms with Gasteiger partial charge in [-0.25, -0.2) is 9.97 Å². The molecule has 1 spiro atoms. The molecule has 2 amide bonds. The third-order valence-electron chi connectivity index (χ3n) is 11.5. The Morgan fingerprint density at radius 2 is 1.88 bits per heavy atom. The molecule has 6 aliphatic rings. The number of fused-ring (bicyclic) bond motifs is 7. The average molecular weight is 680 g/mol. The molecule has 4 atom stereocenters. The van der Waals surface area contributed by atoms with Crippen molar-refractivity contribution in [2.24, 2.45) is 5.92 Å². The van der Waals surface area contributed by atoms with Gasteiger partial charge in [0.05, 0.1) is 6.20 Å². The SMILES string of the molecule is CC(C)[C@@H]1NC(=O)C(NC(=O)C2(O)CC2)Cc2ccc3c(c2)C24c5cccc(c5N[C@H]2O3)-c2cccc3c2C(=CC3)c2cnc(o2)-c2nc1oc24. The number of nitrogens with one attached hydrogen (secondary N) is 3. The number of ether oxygens (including phenoxy) is 1. The number of hydrogen-bond acceptors (Lipinski definition) is 9. The number of benzene rings is 3. The number of amides is 2. The van der Waals surface area contributed by atoms with Crippen LogP contribution in [0.1, 0.15) is 78.0 Å². The van der Waals surface area contributed by atoms with Gasteiger partial charge in [-0.3, -0.25) is 9.59 Å². The monoisotopic (exact) mass is 679 g/mol. The molecule has 2 unspecified atom stereocenters. The van der Waals surface area contributed by atoms with E-state index >= 15 is 0 Å². The van der Waals surface area contributed by atoms with Crippen LogP contribution in [-0.4, -0.2) is 44.8 Å². The minimum atomic E-state index is -1.44. The molecule has 1 saturated carbocycles. The van der Waals surface area contributed by atoms with E-state index in [-0.39, 0.29) is 18.2 Å². The second-order valence-electron chi connectivity index (χ2n) is 14.9. The highest BCUT2D eigenvalue weighted by molar-refractivity contribution is 5.97. The average Bonchev–Trinajstić information content (AvgIpc) is 3.65. The van der Waals surface area contributed by atoms with Gasteiger partial charge in [0.15, 0.2) is 23.4 Å². The molecule has 2 aromatic heterocycles. The van der Waals surface area contributed by atoms with Gasteiger partial charge in [-0.05, 0) is 53.5 Å². The summed E-state index contributed by atoms with van der Waals surface area (Å²) in [6, 6.07) is 17.0. The topological polar surface area (TPSA) is 152 Å². The molecule has 51 heavy (non-hydrogen) atoms. The fraction of sp³-hybridized carbons (Fsp3) is 0.300. The quantitative estimate of drug-likeness (QED) is 0.203. The summed E-state index contributed by atoms with van der Waals surface area (Å²) in [6.07, 6.45) is 5.02. The first-order valence-corrected chi connectivity index (χ1v) is 17.6. The van der Waals surface area contributed by atoms with Crippen LogP contribution < -0.4 is 20.7 Å². The number of aliphatic hydroxyl groups is 1. The Morgan fingerprint density at radius 3 is 2.73 bits per heavy atom. The smallest absolute Gasteiger partial charge is 0.252 e. The Balaban J connectivity index is 1.21. The summed E-state index contributed by atoms with van der Waals surface area (Å²) in [6.45, 7) is 3.96. The van der Waals surface area contributed by atoms with Gasteiger partial charge in [-0.2, -0.15) is 0 Å². The fourth-order valence-corrected chi connectivity index (χ4v) is 8.74. The maximum atomic E-state index is 14.1. The molecule has 4 aliphatic heterocycles. The van der Waals surface area contributed by atoms with E-state index in [1.807, 2.05) is 32.0 Å². The van der Waals surface area contributed by atoms with E-state index < -0.39 is 41.1 Å². The van der Waals surface area contributed by atoms with Crippen molar-refractivity contribution < 1.29 is 28.3 Å². The number of para-hydroxylation sites is 1. The van der Waals surface area contributed by atoms with Crippen LogP contribution in [0.5, 0.6) is 5.75 Å². The molecule has 0 radical (unpaired) electrons. The van der Waals surface area contributed by atoms with E-state index in [4.69, 9.17) is 23.5 Å². The zero-order valence-corrected chi connectivity index (χ0v) is 27.9. The second kappa shape index (κ2) is 9.76. The highest BCUT2D eigenvalue weighted by Gasteiger charge is 2.62. The summed E-state index contributed by atoms with van der Waals surface area (Å²) < 4.78 is 20.4. The van der Waals surface area contributed by atoms with Crippen molar-refractivity contribution in [2.75, 3.05) is 5.32 Å². The van der Waals surface area contributed by atoms with Crippen LogP contribution in [0.4, 0.5) is 5.69 Å². The van der Waals surface area contributed by atoms with Gasteiger partial charge in [0, 0.05) is 34.4 Å². The van der Waals surface area contributed by atoms with Crippen molar-refractivity contribution in [2.45, 2.75) is 68.9 Å². The lowest BCUT2D eigenvalue weighted by Gasteiger charge is -2.29. The van der Waals surface area contributed by atoms with Crippen LogP contribution in [0.15, 0.2) is 75.7 Å². The molecule has 5 aromatic rings. The van der Waals surface area contributed by atoms with Crippen molar-refractivity contribution in [1.82, 2.24) is 20.6 Å². The van der Waals surface area contributed by atoms with E-state index in [0.29, 0.717) is 41.7 Å². The second-order valence-corrected chi connectivity index (χ2v) is 14.9. The van der Waals surface area contributed by atoms with Crippen LogP contribution in [0.25, 0.3) is 28.3 Å². The Kier molecular flexibility index (Phi) is 5.57. The number of nitrogens with zero attached hydrogens (tertiary/aromatic N) is 2. The van der Waals surface area contributed by atoms with Gasteiger partial charge in [0.2, 0.25) is 17.7 Å². The lowest BCUT2D eigenvalue weighted by atomic mass is 9.72. The molecule has 11 rings (SSSR count). The molecule has 10 bridgehead atoms. The number of anilines is 1. The summed E-state index contributed by atoms with van der Waals surface area (Å²) in [4.78, 5) is 37.2. The number of oxazole rings is 2. The maximum absolute atomic E-state index is 14.1. The Hall–Kier alpha value is -5.68. The van der Waals surface area contributed by atoms with E-state index in [1.165, 1.54) is 5.56 Å². The van der Waals surface area contributed by atoms with Crippen LogP contribution >= 0.6 is 0 Å². The first-order chi connectivity index (χ1) is 24.7. The first kappa shape index (κ1) is 29.1. The molecule has 2 aliphatic carbocycles. The van der Waals surface area contributed by atoms with E-state index in [2.05, 4.69) is 58.4 Å². The van der Waals surface area contributed by atoms with Crippen molar-refractivity contribution in [3.8, 4) is 28.5 Å². The van der Waals surface area contributed by atoms with Crippen LogP contribution in [0.3, 0.4) is 0 Å². The highest BCUT2D eigenvalue weighted by atomic mass is 16.5. The summed E-state index contributed by atoms with van der Waals surface area (Å²) in [7, 11) is 0. The van der Waals surface area contributed by atoms with Crippen LogP contribution in [0.2, 0.25) is 0 Å². The zero-order chi connectivity index (χ0) is 34.4. The molecular formula is C40H33N5O6. The van der Waals surface area contributed by atoms with Crippen molar-refractivity contribution in [1.29, 1.82) is 0 Å². The van der Waals surface area contributed by atoms with Gasteiger partial charge in [-0.15, -0.1) is 0 Å². The van der Waals surface area contributed by atoms with Gasteiger partial charge in [0.25, 0.3) is 5.91 Å². The Labute approximate surface area is 292 Å². The van der Waals surface area contributed by atoms with Crippen LogP contribution in [-0.2, 0) is 27.8 Å². The third-order valence-corrected chi connectivity index (χ3v) is 11.5. The summed E-state index contributed by atoms with van der Waals surface area (Å²) >= 11 is 0. The largest absolute Gasteiger partial charge is 0.469 e. The molecule has 11 heteroatoms. The number of carbonyl (C=O) groups is 2. The lowest BCUT2D eigenvalue weighted by Crippen LogP contribution is -2.52. The van der Waals surface area contributed by atoms with Gasteiger partial charge >= 0.3 is 0 Å². The number of allylic oxidation sites excluding steroid dienone is 1.